The fourth-order valence-electron chi connectivity index (χ4n) is 2.85. The van der Waals surface area contributed by atoms with Crippen LogP contribution in [0.4, 0.5) is 0 Å². The number of β-lactam (4-membered cyclic amide) rings is 1. The van der Waals surface area contributed by atoms with Gasteiger partial charge in [-0.1, -0.05) is 0 Å². The Balaban J connectivity index is 0.00000242. The molecule has 0 bridgehead atoms. The van der Waals surface area contributed by atoms with Crippen LogP contribution in [0.3, 0.4) is 0 Å². The molecule has 0 saturated carbocycles. The van der Waals surface area contributed by atoms with Crippen LogP contribution in [0.1, 0.15) is 27.7 Å². The molecule has 2 rings (SSSR count). The number of nitrogens with one attached hydrogen (secondary N) is 1. The molecule has 0 radical (unpaired) electrons. The van der Waals surface area contributed by atoms with E-state index in [0.29, 0.717) is 0 Å². The van der Waals surface area contributed by atoms with Gasteiger partial charge in [-0.05, 0) is 27.7 Å². The molecule has 0 unspecified atom stereocenters. The first-order valence-electron chi connectivity index (χ1n) is 6.77. The van der Waals surface area contributed by atoms with E-state index in [0.717, 1.165) is 0 Å². The van der Waals surface area contributed by atoms with Gasteiger partial charge in [0.05, 0.1) is 17.4 Å². The summed E-state index contributed by atoms with van der Waals surface area (Å²) in [6.45, 7) is 6.92. The maximum absolute atomic E-state index is 12.2. The Kier molecular flexibility index (Phi) is 6.01. The Morgan fingerprint density at radius 1 is 1.41 bits per heavy atom. The van der Waals surface area contributed by atoms with Crippen LogP contribution in [-0.2, 0) is 14.4 Å². The summed E-state index contributed by atoms with van der Waals surface area (Å²) in [7, 11) is 0. The third-order valence-corrected chi connectivity index (χ3v) is 5.34. The predicted molar refractivity (Wildman–Crippen MR) is 73.9 cm³/mol. The minimum Gasteiger partial charge on any atom is -0.548 e. The third kappa shape index (κ3) is 3.17. The van der Waals surface area contributed by atoms with E-state index in [1.807, 2.05) is 0 Å². The Hall–Kier alpha value is -0.280. The molecule has 7 nitrogen and oxygen atoms in total. The van der Waals surface area contributed by atoms with Crippen molar-refractivity contribution in [1.82, 2.24) is 10.2 Å². The van der Waals surface area contributed by atoms with Crippen LogP contribution < -0.4 is 40.0 Å². The number of hydrogen-bond acceptors (Lipinski definition) is 6. The summed E-state index contributed by atoms with van der Waals surface area (Å²) in [6, 6.07) is -1.20. The quantitative estimate of drug-likeness (QED) is 0.394. The molecule has 0 aromatic rings. The molecule has 2 amide bonds. The van der Waals surface area contributed by atoms with E-state index in [9.17, 15) is 24.6 Å². The van der Waals surface area contributed by atoms with Gasteiger partial charge in [-0.25, -0.2) is 0 Å². The molecular weight excluding hydrogens is 319 g/mol. The van der Waals surface area contributed by atoms with Gasteiger partial charge in [-0.15, -0.1) is 11.8 Å². The first kappa shape index (κ1) is 19.8. The van der Waals surface area contributed by atoms with Crippen molar-refractivity contribution >= 4 is 29.5 Å². The summed E-state index contributed by atoms with van der Waals surface area (Å²) >= 11 is 1.27. The fraction of sp³-hybridized carbons (Fsp3) is 0.769. The van der Waals surface area contributed by atoms with Gasteiger partial charge in [0.15, 0.2) is 0 Å². The fourth-order valence-corrected chi connectivity index (χ4v) is 4.56. The van der Waals surface area contributed by atoms with Gasteiger partial charge in [-0.3, -0.25) is 9.59 Å². The van der Waals surface area contributed by atoms with E-state index in [4.69, 9.17) is 0 Å². The van der Waals surface area contributed by atoms with Crippen molar-refractivity contribution in [2.75, 3.05) is 0 Å². The van der Waals surface area contributed by atoms with E-state index in [1.165, 1.54) is 16.7 Å². The largest absolute Gasteiger partial charge is 1.00 e. The van der Waals surface area contributed by atoms with Crippen LogP contribution in [0.15, 0.2) is 0 Å². The summed E-state index contributed by atoms with van der Waals surface area (Å²) in [4.78, 5) is 36.4. The normalized spacial score (nSPS) is 30.2. The van der Waals surface area contributed by atoms with Crippen LogP contribution in [0.5, 0.6) is 0 Å². The molecule has 2 saturated heterocycles. The zero-order chi connectivity index (χ0) is 16.1. The molecule has 118 valence electrons. The first-order valence-corrected chi connectivity index (χ1v) is 7.65. The van der Waals surface area contributed by atoms with Crippen molar-refractivity contribution in [2.45, 2.75) is 56.0 Å². The van der Waals surface area contributed by atoms with E-state index in [1.54, 1.807) is 27.7 Å². The summed E-state index contributed by atoms with van der Waals surface area (Å²) in [5.41, 5.74) is 0. The number of rotatable bonds is 4. The zero-order valence-corrected chi connectivity index (χ0v) is 16.1. The number of carboxylic acid groups (broad SMARTS) is 1. The number of aliphatic hydroxyl groups is 1. The molecular formula is C13H19N2NaO5S. The minimum atomic E-state index is -1.47. The summed E-state index contributed by atoms with van der Waals surface area (Å²) in [5.74, 6) is -3.35. The van der Waals surface area contributed by atoms with E-state index in [2.05, 4.69) is 5.32 Å². The molecule has 4 atom stereocenters. The summed E-state index contributed by atoms with van der Waals surface area (Å²) < 4.78 is -0.720. The van der Waals surface area contributed by atoms with Crippen LogP contribution in [0.25, 0.3) is 0 Å². The van der Waals surface area contributed by atoms with Crippen LogP contribution in [0, 0.1) is 5.92 Å². The van der Waals surface area contributed by atoms with Crippen molar-refractivity contribution in [2.24, 2.45) is 5.92 Å². The molecule has 2 aliphatic rings. The maximum Gasteiger partial charge on any atom is 1.00 e. The van der Waals surface area contributed by atoms with Gasteiger partial charge in [0, 0.05) is 10.8 Å². The first-order chi connectivity index (χ1) is 9.58. The number of aliphatic carboxylic acids is 1. The number of nitrogens with zero attached hydrogens (tertiary/aromatic N) is 1. The van der Waals surface area contributed by atoms with Gasteiger partial charge in [0.1, 0.15) is 12.0 Å². The monoisotopic (exact) mass is 338 g/mol. The second-order valence-corrected chi connectivity index (χ2v) is 7.98. The molecule has 22 heavy (non-hydrogen) atoms. The number of thioether (sulfide) groups is 1. The second-order valence-electron chi connectivity index (χ2n) is 6.21. The van der Waals surface area contributed by atoms with Crippen LogP contribution >= 0.6 is 11.8 Å². The Bertz CT molecular complexity index is 499. The Morgan fingerprint density at radius 2 is 1.95 bits per heavy atom. The average Bonchev–Trinajstić information content (AvgIpc) is 2.56. The molecule has 0 spiro atoms. The van der Waals surface area contributed by atoms with Crippen molar-refractivity contribution in [3.05, 3.63) is 0 Å². The number of aliphatic hydroxyl groups excluding tert-OH is 1. The number of carbonyl (C=O) groups is 3. The smallest absolute Gasteiger partial charge is 0.548 e. The van der Waals surface area contributed by atoms with E-state index >= 15 is 0 Å². The van der Waals surface area contributed by atoms with Crippen molar-refractivity contribution in [3.8, 4) is 0 Å². The topological polar surface area (TPSA) is 110 Å². The minimum absolute atomic E-state index is 0. The van der Waals surface area contributed by atoms with E-state index in [-0.39, 0.29) is 35.6 Å². The maximum atomic E-state index is 12.2. The van der Waals surface area contributed by atoms with Gasteiger partial charge in [-0.2, -0.15) is 0 Å². The van der Waals surface area contributed by atoms with Gasteiger partial charge in [0.25, 0.3) is 0 Å². The number of carbonyl (C=O) groups excluding carboxylic acids is 3. The van der Waals surface area contributed by atoms with Crippen LogP contribution in [0.2, 0.25) is 0 Å². The molecule has 0 aromatic carbocycles. The van der Waals surface area contributed by atoms with Gasteiger partial charge >= 0.3 is 29.6 Å². The molecule has 0 aliphatic carbocycles. The van der Waals surface area contributed by atoms with Crippen LogP contribution in [-0.4, -0.2) is 56.1 Å². The molecule has 0 aromatic heterocycles. The molecule has 2 aliphatic heterocycles. The average molecular weight is 338 g/mol. The molecule has 9 heteroatoms. The predicted octanol–water partition coefficient (Wildman–Crippen LogP) is -4.70. The Labute approximate surface area is 155 Å². The number of carboxylic acids is 1. The zero-order valence-electron chi connectivity index (χ0n) is 13.3. The molecule has 2 heterocycles. The molecule has 2 N–H and O–H groups in total. The van der Waals surface area contributed by atoms with E-state index < -0.39 is 46.0 Å². The van der Waals surface area contributed by atoms with Gasteiger partial charge in [0.2, 0.25) is 11.8 Å². The van der Waals surface area contributed by atoms with Crippen molar-refractivity contribution in [1.29, 1.82) is 0 Å². The SMILES string of the molecule is CC(C)NC(=O)[C@H](O)[C@@H]1C(=O)N2[C@@H]1SC(C)(C)[C@@H]2C(=O)[O-].[Na+]. The number of fused-ring (bicyclic) bond motifs is 1. The summed E-state index contributed by atoms with van der Waals surface area (Å²) in [5, 5.41) is 23.3. The number of hydrogen-bond donors (Lipinski definition) is 2. The molecule has 2 fully saturated rings. The third-order valence-electron chi connectivity index (χ3n) is 3.75. The summed E-state index contributed by atoms with van der Waals surface area (Å²) in [6.07, 6.45) is -1.47. The van der Waals surface area contributed by atoms with Crippen molar-refractivity contribution in [3.63, 3.8) is 0 Å². The van der Waals surface area contributed by atoms with Crippen molar-refractivity contribution < 1.29 is 54.2 Å². The standard InChI is InChI=1S/C13H20N2O5S.Na/c1-5(2)14-9(17)7(16)6-10(18)15-8(12(19)20)13(3,4)21-11(6)15;/h5-8,11,16H,1-4H3,(H,14,17)(H,19,20);/q;+1/p-1/t6-,7-,8+,11-;/m1./s1. The van der Waals surface area contributed by atoms with Gasteiger partial charge < -0.3 is 25.2 Å². The number of amides is 2. The Morgan fingerprint density at radius 3 is 2.41 bits per heavy atom. The second kappa shape index (κ2) is 6.68.